The van der Waals surface area contributed by atoms with E-state index in [0.717, 1.165) is 0 Å². The lowest BCUT2D eigenvalue weighted by Gasteiger charge is -2.48. The maximum atomic E-state index is 12.1. The molecule has 3 N–H and O–H groups in total. The molecule has 0 saturated carbocycles. The lowest BCUT2D eigenvalue weighted by molar-refractivity contribution is -0.341. The first kappa shape index (κ1) is 37.7. The van der Waals surface area contributed by atoms with Gasteiger partial charge in [0.05, 0.1) is 27.3 Å². The predicted molar refractivity (Wildman–Crippen MR) is 154 cm³/mol. The Morgan fingerprint density at radius 2 is 1.36 bits per heavy atom. The van der Waals surface area contributed by atoms with Gasteiger partial charge in [-0.2, -0.15) is 0 Å². The van der Waals surface area contributed by atoms with Gasteiger partial charge in [-0.25, -0.2) is 4.74 Å². The van der Waals surface area contributed by atoms with Gasteiger partial charge in [0.1, 0.15) is 37.6 Å². The Hall–Kier alpha value is -2.52. The van der Waals surface area contributed by atoms with E-state index in [9.17, 15) is 24.3 Å². The van der Waals surface area contributed by atoms with Gasteiger partial charge in [-0.3, -0.25) is 24.7 Å². The van der Waals surface area contributed by atoms with E-state index in [-0.39, 0.29) is 40.2 Å². The summed E-state index contributed by atoms with van der Waals surface area (Å²) in [4.78, 5) is 47.3. The molecule has 2 heterocycles. The van der Waals surface area contributed by atoms with Gasteiger partial charge >= 0.3 is 23.9 Å². The predicted octanol–water partition coefficient (Wildman–Crippen LogP) is 1.65. The fourth-order valence-corrected chi connectivity index (χ4v) is 5.42. The van der Waals surface area contributed by atoms with E-state index in [1.54, 1.807) is 6.92 Å². The Balaban J connectivity index is 2.38. The second-order valence-electron chi connectivity index (χ2n) is 10.9. The zero-order valence-electron chi connectivity index (χ0n) is 26.2. The molecule has 0 aromatic heterocycles. The van der Waals surface area contributed by atoms with E-state index in [1.165, 1.54) is 33.8 Å². The Kier molecular flexibility index (Phi) is 15.3. The molecule has 0 bridgehead atoms. The van der Waals surface area contributed by atoms with Gasteiger partial charge in [0.15, 0.2) is 18.7 Å². The van der Waals surface area contributed by atoms with Gasteiger partial charge in [-0.1, -0.05) is 26.8 Å². The van der Waals surface area contributed by atoms with Gasteiger partial charge in [-0.15, -0.1) is 6.58 Å². The minimum Gasteiger partial charge on any atom is -0.463 e. The van der Waals surface area contributed by atoms with Crippen LogP contribution in [0.4, 0.5) is 0 Å². The number of aliphatic hydroxyl groups is 1. The molecule has 0 aromatic rings. The highest BCUT2D eigenvalue weighted by Gasteiger charge is 2.51. The van der Waals surface area contributed by atoms with Crippen LogP contribution in [0.2, 0.25) is 0 Å². The number of aliphatic hydroxyl groups excluding tert-OH is 1. The summed E-state index contributed by atoms with van der Waals surface area (Å²) in [7, 11) is 0.169. The third kappa shape index (κ3) is 10.8. The maximum Gasteiger partial charge on any atom is 0.303 e. The molecule has 16 heteroatoms. The van der Waals surface area contributed by atoms with Crippen LogP contribution >= 0.6 is 8.52 Å². The third-order valence-corrected chi connectivity index (χ3v) is 7.94. The van der Waals surface area contributed by atoms with E-state index < -0.39 is 85.0 Å². The van der Waals surface area contributed by atoms with Gasteiger partial charge in [-0.05, 0) is 0 Å². The molecular weight excluding hydrogens is 603 g/mol. The smallest absolute Gasteiger partial charge is 0.303 e. The van der Waals surface area contributed by atoms with Crippen molar-refractivity contribution in [1.82, 2.24) is 0 Å². The Bertz CT molecular complexity index is 1030. The molecule has 0 aromatic carbocycles. The fourth-order valence-electron chi connectivity index (χ4n) is 5.05. The highest BCUT2D eigenvalue weighted by molar-refractivity contribution is 7.23. The highest BCUT2D eigenvalue weighted by Crippen LogP contribution is 2.38. The summed E-state index contributed by atoms with van der Waals surface area (Å²) in [5.41, 5.74) is 5.52. The molecule has 2 aliphatic heterocycles. The highest BCUT2D eigenvalue weighted by atomic mass is 31.1. The Morgan fingerprint density at radius 1 is 0.841 bits per heavy atom. The van der Waals surface area contributed by atoms with Crippen LogP contribution < -0.4 is 5.50 Å². The zero-order valence-corrected chi connectivity index (χ0v) is 27.0. The lowest BCUT2D eigenvalue weighted by Crippen LogP contribution is -2.61. The standard InChI is InChI=1S/C28H45N2O13P/c1-9-21(35)20(30-44-29)10-38-28-26(40-19(8)34)15(4)25(23(42-28)12-37-17(6)32)43-27-14(3)13(2)24(39-18(7)33)22(41-27)11-36-16(5)31/h9,13-15,20-28,35H,1,10-12H2,2-8H3,(H2,29,30)/t13-,14+,15+,20+,21-,22?,23?,24-,25+,26+,27?,28?/m1/s1. The van der Waals surface area contributed by atoms with Gasteiger partial charge in [0, 0.05) is 45.4 Å². The molecule has 15 nitrogen and oxygen atoms in total. The van der Waals surface area contributed by atoms with Crippen LogP contribution in [0, 0.1) is 17.8 Å². The molecule has 0 amide bonds. The minimum atomic E-state index is -1.16. The molecule has 0 aliphatic carbocycles. The van der Waals surface area contributed by atoms with Crippen molar-refractivity contribution in [2.45, 2.75) is 104 Å². The molecule has 250 valence electrons. The summed E-state index contributed by atoms with van der Waals surface area (Å²) in [6, 6.07) is -0.783. The second-order valence-corrected chi connectivity index (χ2v) is 11.3. The van der Waals surface area contributed by atoms with Gasteiger partial charge in [0.2, 0.25) is 0 Å². The molecule has 44 heavy (non-hydrogen) atoms. The van der Waals surface area contributed by atoms with Crippen LogP contribution in [0.15, 0.2) is 17.4 Å². The van der Waals surface area contributed by atoms with Crippen molar-refractivity contribution in [1.29, 1.82) is 0 Å². The molecule has 0 spiro atoms. The van der Waals surface area contributed by atoms with Crippen LogP contribution in [0.5, 0.6) is 0 Å². The summed E-state index contributed by atoms with van der Waals surface area (Å²) >= 11 is 0. The second kappa shape index (κ2) is 17.8. The number of rotatable bonds is 14. The maximum absolute atomic E-state index is 12.1. The monoisotopic (exact) mass is 648 g/mol. The average molecular weight is 649 g/mol. The Morgan fingerprint density at radius 3 is 1.86 bits per heavy atom. The number of carbonyl (C=O) groups is 4. The normalized spacial score (nSPS) is 33.6. The molecular formula is C28H45N2O13P. The lowest BCUT2D eigenvalue weighted by atomic mass is 9.84. The summed E-state index contributed by atoms with van der Waals surface area (Å²) in [5, 5.41) is 10.2. The molecule has 4 unspecified atom stereocenters. The summed E-state index contributed by atoms with van der Waals surface area (Å²) in [6.07, 6.45) is -6.18. The van der Waals surface area contributed by atoms with Crippen molar-refractivity contribution in [2.75, 3.05) is 19.8 Å². The number of esters is 4. The number of nitrogens with zero attached hydrogens (tertiary/aromatic N) is 1. The fraction of sp³-hybridized carbons (Fsp3) is 0.786. The van der Waals surface area contributed by atoms with Crippen molar-refractivity contribution in [3.05, 3.63) is 12.7 Å². The number of hydrogen-bond donors (Lipinski definition) is 2. The first-order valence-corrected chi connectivity index (χ1v) is 15.2. The molecule has 0 radical (unpaired) electrons. The molecule has 2 saturated heterocycles. The molecule has 12 atom stereocenters. The Labute approximate surface area is 258 Å². The zero-order chi connectivity index (χ0) is 33.1. The summed E-state index contributed by atoms with van der Waals surface area (Å²) in [6.45, 7) is 13.5. The van der Waals surface area contributed by atoms with Crippen LogP contribution in [-0.4, -0.2) is 104 Å². The molecule has 2 fully saturated rings. The largest absolute Gasteiger partial charge is 0.463 e. The van der Waals surface area contributed by atoms with Crippen LogP contribution in [0.3, 0.4) is 0 Å². The quantitative estimate of drug-likeness (QED) is 0.119. The van der Waals surface area contributed by atoms with E-state index in [1.807, 2.05) is 13.8 Å². The van der Waals surface area contributed by atoms with E-state index in [2.05, 4.69) is 11.3 Å². The number of hydrogen-bond acceptors (Lipinski definition) is 14. The van der Waals surface area contributed by atoms with Crippen molar-refractivity contribution in [3.8, 4) is 0 Å². The summed E-state index contributed by atoms with van der Waals surface area (Å²) < 4.78 is 50.5. The number of nitrogens with two attached hydrogens (primary N) is 1. The topological polar surface area (TPSA) is 201 Å². The number of ether oxygens (including phenoxy) is 8. The van der Waals surface area contributed by atoms with Crippen molar-refractivity contribution < 1.29 is 62.2 Å². The first-order chi connectivity index (χ1) is 20.7. The van der Waals surface area contributed by atoms with Crippen molar-refractivity contribution in [3.63, 3.8) is 0 Å². The van der Waals surface area contributed by atoms with Crippen molar-refractivity contribution >= 4 is 32.4 Å². The first-order valence-electron chi connectivity index (χ1n) is 14.3. The minimum absolute atomic E-state index is 0.159. The van der Waals surface area contributed by atoms with Crippen molar-refractivity contribution in [2.24, 2.45) is 28.0 Å². The van der Waals surface area contributed by atoms with Crippen LogP contribution in [-0.2, 0) is 57.1 Å². The number of carbonyl (C=O) groups excluding carboxylic acids is 4. The molecule has 2 aliphatic rings. The van der Waals surface area contributed by atoms with Crippen LogP contribution in [0.25, 0.3) is 0 Å². The van der Waals surface area contributed by atoms with Gasteiger partial charge < -0.3 is 43.0 Å². The summed E-state index contributed by atoms with van der Waals surface area (Å²) in [5.74, 6) is -3.45. The third-order valence-electron chi connectivity index (χ3n) is 7.51. The van der Waals surface area contributed by atoms with E-state index in [4.69, 9.17) is 43.4 Å². The SMILES string of the molecule is C=C[C@@H](O)[C@H](COC1OC(COC(C)=O)[C@@H](OC2OC(COC(C)=O)[C@H](OC(C)=O)[C@H](C)[C@@H]2C)[C@H](C)[C@@H]1OC(C)=O)N=PN. The van der Waals surface area contributed by atoms with Gasteiger partial charge in [0.25, 0.3) is 0 Å². The van der Waals surface area contributed by atoms with E-state index in [0.29, 0.717) is 0 Å². The molecule has 2 rings (SSSR count). The van der Waals surface area contributed by atoms with Crippen LogP contribution in [0.1, 0.15) is 48.5 Å². The van der Waals surface area contributed by atoms with E-state index >= 15 is 0 Å². The average Bonchev–Trinajstić information content (AvgIpc) is 2.95.